The summed E-state index contributed by atoms with van der Waals surface area (Å²) in [6, 6.07) is 10.2. The molecule has 1 saturated carbocycles. The molecule has 15 heavy (non-hydrogen) atoms. The fraction of sp³-hybridized carbons (Fsp3) is 0.357. The summed E-state index contributed by atoms with van der Waals surface area (Å²) in [6.45, 7) is 4.05. The fourth-order valence-corrected chi connectivity index (χ4v) is 2.06. The third-order valence-corrected chi connectivity index (χ3v) is 3.26. The molecular formula is C14H16O. The van der Waals surface area contributed by atoms with Gasteiger partial charge in [0.2, 0.25) is 0 Å². The first-order valence-corrected chi connectivity index (χ1v) is 5.40. The van der Waals surface area contributed by atoms with Gasteiger partial charge in [-0.2, -0.15) is 0 Å². The molecule has 1 aromatic rings. The van der Waals surface area contributed by atoms with E-state index in [9.17, 15) is 4.79 Å². The average Bonchev–Trinajstić information content (AvgIpc) is 2.47. The maximum absolute atomic E-state index is 11.7. The predicted molar refractivity (Wildman–Crippen MR) is 62.4 cm³/mol. The van der Waals surface area contributed by atoms with Gasteiger partial charge in [0.15, 0.2) is 0 Å². The van der Waals surface area contributed by atoms with E-state index in [1.54, 1.807) is 0 Å². The fourth-order valence-electron chi connectivity index (χ4n) is 2.06. The van der Waals surface area contributed by atoms with Crippen LogP contribution in [-0.2, 0) is 4.79 Å². The van der Waals surface area contributed by atoms with Crippen LogP contribution in [0.2, 0.25) is 0 Å². The lowest BCUT2D eigenvalue weighted by atomic mass is 9.85. The van der Waals surface area contributed by atoms with Gasteiger partial charge < -0.3 is 0 Å². The van der Waals surface area contributed by atoms with Crippen LogP contribution in [0.3, 0.4) is 0 Å². The van der Waals surface area contributed by atoms with Crippen LogP contribution in [0.1, 0.15) is 32.3 Å². The normalized spacial score (nSPS) is 22.3. The maximum atomic E-state index is 11.7. The highest BCUT2D eigenvalue weighted by molar-refractivity contribution is 5.92. The van der Waals surface area contributed by atoms with Gasteiger partial charge in [0.05, 0.1) is 0 Å². The summed E-state index contributed by atoms with van der Waals surface area (Å²) >= 11 is 0. The first-order valence-electron chi connectivity index (χ1n) is 5.40. The molecule has 0 atom stereocenters. The molecule has 0 bridgehead atoms. The number of hydrogen-bond acceptors (Lipinski definition) is 1. The summed E-state index contributed by atoms with van der Waals surface area (Å²) in [5.74, 6) is 0.365. The van der Waals surface area contributed by atoms with Crippen molar-refractivity contribution in [1.82, 2.24) is 0 Å². The van der Waals surface area contributed by atoms with E-state index in [2.05, 4.69) is 18.2 Å². The van der Waals surface area contributed by atoms with Crippen LogP contribution in [0.4, 0.5) is 0 Å². The lowest BCUT2D eigenvalue weighted by Gasteiger charge is -2.17. The lowest BCUT2D eigenvalue weighted by molar-refractivity contribution is -0.123. The van der Waals surface area contributed by atoms with Crippen molar-refractivity contribution in [1.29, 1.82) is 0 Å². The van der Waals surface area contributed by atoms with E-state index in [1.807, 2.05) is 32.0 Å². The van der Waals surface area contributed by atoms with Crippen molar-refractivity contribution in [2.45, 2.75) is 26.7 Å². The van der Waals surface area contributed by atoms with Gasteiger partial charge in [-0.3, -0.25) is 4.79 Å². The van der Waals surface area contributed by atoms with Crippen molar-refractivity contribution in [3.8, 4) is 0 Å². The molecule has 1 aliphatic rings. The highest BCUT2D eigenvalue weighted by Crippen LogP contribution is 2.40. The van der Waals surface area contributed by atoms with Crippen LogP contribution in [0.15, 0.2) is 35.9 Å². The molecule has 0 radical (unpaired) electrons. The summed E-state index contributed by atoms with van der Waals surface area (Å²) in [7, 11) is 0. The van der Waals surface area contributed by atoms with E-state index >= 15 is 0 Å². The summed E-state index contributed by atoms with van der Waals surface area (Å²) in [5, 5.41) is 0. The molecule has 0 spiro atoms. The zero-order valence-corrected chi connectivity index (χ0v) is 9.29. The first-order chi connectivity index (χ1) is 7.10. The Labute approximate surface area is 90.8 Å². The first kappa shape index (κ1) is 10.2. The second-order valence-electron chi connectivity index (χ2n) is 4.63. The van der Waals surface area contributed by atoms with Gasteiger partial charge in [0.25, 0.3) is 0 Å². The monoisotopic (exact) mass is 200 g/mol. The van der Waals surface area contributed by atoms with Crippen molar-refractivity contribution in [3.05, 3.63) is 41.5 Å². The Balaban J connectivity index is 2.33. The number of hydrogen-bond donors (Lipinski definition) is 0. The second kappa shape index (κ2) is 3.65. The highest BCUT2D eigenvalue weighted by atomic mass is 16.1. The van der Waals surface area contributed by atoms with Crippen LogP contribution in [0, 0.1) is 5.41 Å². The van der Waals surface area contributed by atoms with E-state index in [4.69, 9.17) is 0 Å². The number of Topliss-reactive ketones (excluding diaryl/α,β-unsaturated/α-hetero) is 1. The Morgan fingerprint density at radius 3 is 2.33 bits per heavy atom. The largest absolute Gasteiger partial charge is 0.299 e. The van der Waals surface area contributed by atoms with Gasteiger partial charge in [-0.15, -0.1) is 0 Å². The van der Waals surface area contributed by atoms with E-state index in [0.29, 0.717) is 12.2 Å². The third-order valence-electron chi connectivity index (χ3n) is 3.26. The zero-order valence-electron chi connectivity index (χ0n) is 9.29. The van der Waals surface area contributed by atoms with Crippen LogP contribution in [0.25, 0.3) is 6.08 Å². The van der Waals surface area contributed by atoms with E-state index in [1.165, 1.54) is 11.1 Å². The topological polar surface area (TPSA) is 17.1 Å². The van der Waals surface area contributed by atoms with Crippen molar-refractivity contribution in [2.24, 2.45) is 5.41 Å². The van der Waals surface area contributed by atoms with Crippen LogP contribution in [-0.4, -0.2) is 5.78 Å². The molecule has 0 amide bonds. The van der Waals surface area contributed by atoms with Gasteiger partial charge in [0.1, 0.15) is 5.78 Å². The molecule has 1 nitrogen and oxygen atoms in total. The predicted octanol–water partition coefficient (Wildman–Crippen LogP) is 3.46. The lowest BCUT2D eigenvalue weighted by Crippen LogP contribution is -2.18. The minimum atomic E-state index is -0.254. The Hall–Kier alpha value is -1.37. The van der Waals surface area contributed by atoms with Crippen LogP contribution < -0.4 is 0 Å². The van der Waals surface area contributed by atoms with Crippen LogP contribution >= 0.6 is 0 Å². The number of carbonyl (C=O) groups is 1. The van der Waals surface area contributed by atoms with Crippen LogP contribution in [0.5, 0.6) is 0 Å². The summed E-state index contributed by atoms with van der Waals surface area (Å²) in [4.78, 5) is 11.7. The Morgan fingerprint density at radius 2 is 1.80 bits per heavy atom. The molecule has 0 saturated heterocycles. The molecule has 0 unspecified atom stereocenters. The molecule has 78 valence electrons. The Kier molecular flexibility index (Phi) is 2.47. The second-order valence-corrected chi connectivity index (χ2v) is 4.63. The molecule has 0 aromatic heterocycles. The molecule has 0 heterocycles. The van der Waals surface area contributed by atoms with Crippen molar-refractivity contribution >= 4 is 11.9 Å². The van der Waals surface area contributed by atoms with Gasteiger partial charge in [-0.05, 0) is 25.8 Å². The smallest absolute Gasteiger partial charge is 0.142 e. The van der Waals surface area contributed by atoms with E-state index in [-0.39, 0.29) is 5.41 Å². The third kappa shape index (κ3) is 1.87. The molecule has 0 aliphatic heterocycles. The quantitative estimate of drug-likeness (QED) is 0.678. The van der Waals surface area contributed by atoms with E-state index < -0.39 is 0 Å². The number of ketones is 1. The Morgan fingerprint density at radius 1 is 1.13 bits per heavy atom. The van der Waals surface area contributed by atoms with Gasteiger partial charge in [-0.1, -0.05) is 42.0 Å². The van der Waals surface area contributed by atoms with E-state index in [0.717, 1.165) is 6.42 Å². The van der Waals surface area contributed by atoms with Gasteiger partial charge in [-0.25, -0.2) is 0 Å². The highest BCUT2D eigenvalue weighted by Gasteiger charge is 2.36. The van der Waals surface area contributed by atoms with Crippen molar-refractivity contribution < 1.29 is 4.79 Å². The van der Waals surface area contributed by atoms with Crippen molar-refractivity contribution in [3.63, 3.8) is 0 Å². The molecule has 1 aromatic carbocycles. The molecule has 0 N–H and O–H groups in total. The summed E-state index contributed by atoms with van der Waals surface area (Å²) < 4.78 is 0. The standard InChI is InChI=1S/C14H16O/c1-14(2)12(8-9-13(14)15)10-11-6-4-3-5-7-11/h3-7,10H,8-9H2,1-2H3/b12-10+. The maximum Gasteiger partial charge on any atom is 0.142 e. The zero-order chi connectivity index (χ0) is 10.9. The number of benzene rings is 1. The molecule has 1 aliphatic carbocycles. The molecule has 1 fully saturated rings. The number of allylic oxidation sites excluding steroid dienone is 1. The number of carbonyl (C=O) groups excluding carboxylic acids is 1. The molecule has 2 rings (SSSR count). The van der Waals surface area contributed by atoms with Gasteiger partial charge in [0, 0.05) is 11.8 Å². The molecular weight excluding hydrogens is 184 g/mol. The number of rotatable bonds is 1. The van der Waals surface area contributed by atoms with Gasteiger partial charge >= 0.3 is 0 Å². The Bertz CT molecular complexity index is 399. The summed E-state index contributed by atoms with van der Waals surface area (Å²) in [5.41, 5.74) is 2.20. The minimum Gasteiger partial charge on any atom is -0.299 e. The molecule has 1 heteroatoms. The summed E-state index contributed by atoms with van der Waals surface area (Å²) in [6.07, 6.45) is 3.78. The van der Waals surface area contributed by atoms with Crippen molar-refractivity contribution in [2.75, 3.05) is 0 Å². The average molecular weight is 200 g/mol. The SMILES string of the molecule is CC1(C)C(=O)CC/C1=C\c1ccccc1. The minimum absolute atomic E-state index is 0.254.